The lowest BCUT2D eigenvalue weighted by Crippen LogP contribution is -2.27. The monoisotopic (exact) mass is 313 g/mol. The van der Waals surface area contributed by atoms with Crippen molar-refractivity contribution in [3.63, 3.8) is 0 Å². The maximum atomic E-state index is 11.9. The van der Waals surface area contributed by atoms with Gasteiger partial charge in [0.15, 0.2) is 0 Å². The van der Waals surface area contributed by atoms with Gasteiger partial charge in [-0.15, -0.1) is 0 Å². The third kappa shape index (κ3) is 3.48. The Morgan fingerprint density at radius 3 is 2.75 bits per heavy atom. The minimum atomic E-state index is -3.61. The van der Waals surface area contributed by atoms with Gasteiger partial charge in [-0.2, -0.15) is 5.26 Å². The normalized spacial score (nSPS) is 19.1. The molecule has 1 fully saturated rings. The molecule has 1 aliphatic rings. The van der Waals surface area contributed by atoms with E-state index in [0.29, 0.717) is 16.3 Å². The Bertz CT molecular complexity index is 696. The van der Waals surface area contributed by atoms with E-state index in [0.717, 1.165) is 0 Å². The van der Waals surface area contributed by atoms with Gasteiger partial charge in [0, 0.05) is 29.6 Å². The van der Waals surface area contributed by atoms with E-state index in [-0.39, 0.29) is 30.5 Å². The van der Waals surface area contributed by atoms with E-state index in [4.69, 9.17) is 22.0 Å². The molecule has 0 aliphatic carbocycles. The van der Waals surface area contributed by atoms with Gasteiger partial charge in [0.25, 0.3) is 0 Å². The fourth-order valence-electron chi connectivity index (χ4n) is 2.27. The van der Waals surface area contributed by atoms with Crippen LogP contribution in [-0.2, 0) is 14.8 Å². The zero-order chi connectivity index (χ0) is 14.9. The van der Waals surface area contributed by atoms with E-state index < -0.39 is 10.0 Å². The summed E-state index contributed by atoms with van der Waals surface area (Å²) in [5.41, 5.74) is 0.839. The van der Waals surface area contributed by atoms with Crippen LogP contribution in [0.25, 0.3) is 0 Å². The van der Waals surface area contributed by atoms with Gasteiger partial charge in [0.2, 0.25) is 15.9 Å². The average molecular weight is 314 g/mol. The minimum Gasteiger partial charge on any atom is -0.312 e. The van der Waals surface area contributed by atoms with Gasteiger partial charge >= 0.3 is 0 Å². The van der Waals surface area contributed by atoms with Gasteiger partial charge < -0.3 is 4.90 Å². The molecule has 1 aliphatic heterocycles. The highest BCUT2D eigenvalue weighted by Crippen LogP contribution is 2.28. The average Bonchev–Trinajstić information content (AvgIpc) is 2.66. The Labute approximate surface area is 121 Å². The highest BCUT2D eigenvalue weighted by Gasteiger charge is 2.33. The van der Waals surface area contributed by atoms with Crippen LogP contribution in [0, 0.1) is 17.2 Å². The summed E-state index contributed by atoms with van der Waals surface area (Å²) in [7, 11) is -3.61. The first-order valence-corrected chi connectivity index (χ1v) is 7.89. The van der Waals surface area contributed by atoms with Crippen LogP contribution in [0.1, 0.15) is 12.0 Å². The quantitative estimate of drug-likeness (QED) is 0.893. The molecule has 20 heavy (non-hydrogen) atoms. The molecule has 1 amide bonds. The number of halogens is 1. The van der Waals surface area contributed by atoms with Gasteiger partial charge in [0.1, 0.15) is 0 Å². The van der Waals surface area contributed by atoms with E-state index in [1.807, 2.05) is 6.07 Å². The molecule has 2 N–H and O–H groups in total. The molecule has 1 atom stereocenters. The number of nitriles is 1. The predicted octanol–water partition coefficient (Wildman–Crippen LogP) is 0.853. The first-order chi connectivity index (χ1) is 9.28. The number of hydrogen-bond acceptors (Lipinski definition) is 4. The molecule has 0 spiro atoms. The smallest absolute Gasteiger partial charge is 0.227 e. The van der Waals surface area contributed by atoms with E-state index in [1.165, 1.54) is 11.0 Å². The SMILES string of the molecule is N#Cc1cc(Cl)cc(N2CC(CS(N)(=O)=O)CC2=O)c1. The van der Waals surface area contributed by atoms with Crippen molar-refractivity contribution < 1.29 is 13.2 Å². The predicted molar refractivity (Wildman–Crippen MR) is 74.6 cm³/mol. The van der Waals surface area contributed by atoms with Crippen LogP contribution < -0.4 is 10.0 Å². The maximum absolute atomic E-state index is 11.9. The van der Waals surface area contributed by atoms with Gasteiger partial charge in [-0.05, 0) is 18.2 Å². The molecule has 0 saturated carbocycles. The number of benzene rings is 1. The first kappa shape index (κ1) is 14.8. The summed E-state index contributed by atoms with van der Waals surface area (Å²) in [6.07, 6.45) is 0.116. The van der Waals surface area contributed by atoms with E-state index in [2.05, 4.69) is 0 Å². The summed E-state index contributed by atoms with van der Waals surface area (Å²) in [4.78, 5) is 13.4. The van der Waals surface area contributed by atoms with Gasteiger partial charge in [0.05, 0.1) is 17.4 Å². The van der Waals surface area contributed by atoms with Gasteiger partial charge in [-0.25, -0.2) is 13.6 Å². The number of rotatable bonds is 3. The summed E-state index contributed by atoms with van der Waals surface area (Å²) in [5.74, 6) is -0.784. The Hall–Kier alpha value is -1.62. The van der Waals surface area contributed by atoms with Crippen molar-refractivity contribution >= 4 is 33.2 Å². The van der Waals surface area contributed by atoms with Crippen molar-refractivity contribution in [2.45, 2.75) is 6.42 Å². The lowest BCUT2D eigenvalue weighted by molar-refractivity contribution is -0.117. The number of nitrogens with two attached hydrogens (primary N) is 1. The van der Waals surface area contributed by atoms with Crippen molar-refractivity contribution in [1.29, 1.82) is 5.26 Å². The van der Waals surface area contributed by atoms with Crippen LogP contribution in [0.4, 0.5) is 5.69 Å². The summed E-state index contributed by atoms with van der Waals surface area (Å²) >= 11 is 5.89. The molecule has 1 heterocycles. The molecule has 6 nitrogen and oxygen atoms in total. The largest absolute Gasteiger partial charge is 0.312 e. The molecule has 106 valence electrons. The Morgan fingerprint density at radius 2 is 2.15 bits per heavy atom. The number of primary sulfonamides is 1. The topological polar surface area (TPSA) is 104 Å². The van der Waals surface area contributed by atoms with Crippen LogP contribution in [-0.4, -0.2) is 26.6 Å². The number of carbonyl (C=O) groups excluding carboxylic acids is 1. The summed E-state index contributed by atoms with van der Waals surface area (Å²) in [6.45, 7) is 0.250. The van der Waals surface area contributed by atoms with Crippen molar-refractivity contribution in [3.05, 3.63) is 28.8 Å². The molecular weight excluding hydrogens is 302 g/mol. The molecule has 1 aromatic rings. The highest BCUT2D eigenvalue weighted by atomic mass is 35.5. The third-order valence-electron chi connectivity index (χ3n) is 3.00. The van der Waals surface area contributed by atoms with Crippen molar-refractivity contribution in [2.24, 2.45) is 11.1 Å². The summed E-state index contributed by atoms with van der Waals surface area (Å²) in [5, 5.41) is 14.2. The molecule has 0 bridgehead atoms. The van der Waals surface area contributed by atoms with Crippen LogP contribution in [0.3, 0.4) is 0 Å². The number of amides is 1. The van der Waals surface area contributed by atoms with Crippen LogP contribution in [0.2, 0.25) is 5.02 Å². The minimum absolute atomic E-state index is 0.116. The highest BCUT2D eigenvalue weighted by molar-refractivity contribution is 7.89. The molecule has 1 aromatic carbocycles. The van der Waals surface area contributed by atoms with E-state index in [1.54, 1.807) is 12.1 Å². The Kier molecular flexibility index (Phi) is 3.99. The molecule has 1 unspecified atom stereocenters. The van der Waals surface area contributed by atoms with E-state index >= 15 is 0 Å². The second-order valence-electron chi connectivity index (χ2n) is 4.71. The third-order valence-corrected chi connectivity index (χ3v) is 4.15. The zero-order valence-electron chi connectivity index (χ0n) is 10.4. The zero-order valence-corrected chi connectivity index (χ0v) is 12.0. The fourth-order valence-corrected chi connectivity index (χ4v) is 3.38. The Morgan fingerprint density at radius 1 is 1.45 bits per heavy atom. The molecule has 1 saturated heterocycles. The van der Waals surface area contributed by atoms with E-state index in [9.17, 15) is 13.2 Å². The maximum Gasteiger partial charge on any atom is 0.227 e. The number of sulfonamides is 1. The number of anilines is 1. The van der Waals surface area contributed by atoms with Crippen LogP contribution >= 0.6 is 11.6 Å². The second kappa shape index (κ2) is 5.40. The van der Waals surface area contributed by atoms with Crippen LogP contribution in [0.15, 0.2) is 18.2 Å². The molecule has 8 heteroatoms. The van der Waals surface area contributed by atoms with Crippen molar-refractivity contribution in [3.8, 4) is 6.07 Å². The van der Waals surface area contributed by atoms with Gasteiger partial charge in [-0.1, -0.05) is 11.6 Å². The molecular formula is C12H12ClN3O3S. The second-order valence-corrected chi connectivity index (χ2v) is 6.81. The number of hydrogen-bond donors (Lipinski definition) is 1. The summed E-state index contributed by atoms with van der Waals surface area (Å²) < 4.78 is 22.2. The van der Waals surface area contributed by atoms with Crippen molar-refractivity contribution in [1.82, 2.24) is 0 Å². The molecule has 2 rings (SSSR count). The first-order valence-electron chi connectivity index (χ1n) is 5.80. The number of nitrogens with zero attached hydrogens (tertiary/aromatic N) is 2. The molecule has 0 aromatic heterocycles. The number of carbonyl (C=O) groups is 1. The van der Waals surface area contributed by atoms with Crippen molar-refractivity contribution in [2.75, 3.05) is 17.2 Å². The fraction of sp³-hybridized carbons (Fsp3) is 0.333. The van der Waals surface area contributed by atoms with Crippen LogP contribution in [0.5, 0.6) is 0 Å². The lowest BCUT2D eigenvalue weighted by atomic mass is 10.1. The molecule has 0 radical (unpaired) electrons. The van der Waals surface area contributed by atoms with Gasteiger partial charge in [-0.3, -0.25) is 4.79 Å². The Balaban J connectivity index is 2.24. The standard InChI is InChI=1S/C12H12ClN3O3S/c13-10-1-8(5-14)2-11(4-10)16-6-9(3-12(16)17)7-20(15,18)19/h1-2,4,9H,3,6-7H2,(H2,15,18,19). The lowest BCUT2D eigenvalue weighted by Gasteiger charge is -2.17. The summed E-state index contributed by atoms with van der Waals surface area (Å²) in [6, 6.07) is 6.56.